The highest BCUT2D eigenvalue weighted by Crippen LogP contribution is 2.15. The molecule has 20 heavy (non-hydrogen) atoms. The first-order valence-corrected chi connectivity index (χ1v) is 6.22. The third kappa shape index (κ3) is 3.36. The number of hydrogen-bond donors (Lipinski definition) is 1. The van der Waals surface area contributed by atoms with Gasteiger partial charge in [-0.2, -0.15) is 5.26 Å². The van der Waals surface area contributed by atoms with Gasteiger partial charge in [0.1, 0.15) is 11.8 Å². The highest BCUT2D eigenvalue weighted by Gasteiger charge is 2.15. The molecule has 2 rings (SSSR count). The molecule has 0 heterocycles. The molecule has 1 unspecified atom stereocenters. The summed E-state index contributed by atoms with van der Waals surface area (Å²) in [5.74, 6) is 0.334. The first-order chi connectivity index (χ1) is 9.70. The van der Waals surface area contributed by atoms with E-state index in [2.05, 4.69) is 5.32 Å². The van der Waals surface area contributed by atoms with E-state index in [9.17, 15) is 4.79 Å². The largest absolute Gasteiger partial charge is 0.481 e. The predicted octanol–water partition coefficient (Wildman–Crippen LogP) is 2.96. The maximum Gasteiger partial charge on any atom is 0.265 e. The van der Waals surface area contributed by atoms with Crippen LogP contribution >= 0.6 is 0 Å². The number of hydrogen-bond acceptors (Lipinski definition) is 3. The summed E-state index contributed by atoms with van der Waals surface area (Å²) in [5, 5.41) is 11.7. The van der Waals surface area contributed by atoms with Crippen LogP contribution in [0.4, 0.5) is 5.69 Å². The molecular weight excluding hydrogens is 252 g/mol. The highest BCUT2D eigenvalue weighted by molar-refractivity contribution is 5.95. The zero-order chi connectivity index (χ0) is 14.4. The maximum atomic E-state index is 12.0. The fraction of sp³-hybridized carbons (Fsp3) is 0.125. The van der Waals surface area contributed by atoms with Crippen molar-refractivity contribution in [2.75, 3.05) is 5.32 Å². The molecule has 2 aromatic carbocycles. The van der Waals surface area contributed by atoms with Gasteiger partial charge in [-0.1, -0.05) is 30.3 Å². The molecule has 1 N–H and O–H groups in total. The van der Waals surface area contributed by atoms with Crippen molar-refractivity contribution in [3.63, 3.8) is 0 Å². The van der Waals surface area contributed by atoms with E-state index in [1.54, 1.807) is 43.3 Å². The number of nitrogens with one attached hydrogen (secondary N) is 1. The van der Waals surface area contributed by atoms with Crippen LogP contribution in [0.25, 0.3) is 0 Å². The Balaban J connectivity index is 2.03. The molecule has 0 aromatic heterocycles. The van der Waals surface area contributed by atoms with Gasteiger partial charge in [0.05, 0.1) is 11.3 Å². The van der Waals surface area contributed by atoms with Gasteiger partial charge in [-0.3, -0.25) is 4.79 Å². The van der Waals surface area contributed by atoms with E-state index >= 15 is 0 Å². The summed E-state index contributed by atoms with van der Waals surface area (Å²) >= 11 is 0. The summed E-state index contributed by atoms with van der Waals surface area (Å²) in [6.45, 7) is 1.66. The van der Waals surface area contributed by atoms with Crippen molar-refractivity contribution in [3.8, 4) is 11.8 Å². The predicted molar refractivity (Wildman–Crippen MR) is 76.3 cm³/mol. The van der Waals surface area contributed by atoms with Crippen molar-refractivity contribution in [2.45, 2.75) is 13.0 Å². The zero-order valence-corrected chi connectivity index (χ0v) is 11.0. The van der Waals surface area contributed by atoms with E-state index in [-0.39, 0.29) is 5.91 Å². The Bertz CT molecular complexity index is 632. The second-order valence-corrected chi connectivity index (χ2v) is 4.22. The highest BCUT2D eigenvalue weighted by atomic mass is 16.5. The fourth-order valence-electron chi connectivity index (χ4n) is 1.68. The molecule has 4 heteroatoms. The standard InChI is InChI=1S/C16H14N2O2/c1-12(20-14-8-3-2-4-9-14)16(19)18-15-10-6-5-7-13(15)11-17/h2-10,12H,1H3,(H,18,19). The third-order valence-electron chi connectivity index (χ3n) is 2.73. The minimum atomic E-state index is -0.649. The number of amides is 1. The minimum Gasteiger partial charge on any atom is -0.481 e. The molecule has 0 fully saturated rings. The number of carbonyl (C=O) groups is 1. The Morgan fingerprint density at radius 2 is 1.80 bits per heavy atom. The van der Waals surface area contributed by atoms with Gasteiger partial charge in [-0.25, -0.2) is 0 Å². The zero-order valence-electron chi connectivity index (χ0n) is 11.0. The molecule has 2 aromatic rings. The van der Waals surface area contributed by atoms with Crippen LogP contribution in [0, 0.1) is 11.3 Å². The number of para-hydroxylation sites is 2. The quantitative estimate of drug-likeness (QED) is 0.925. The Kier molecular flexibility index (Phi) is 4.35. The van der Waals surface area contributed by atoms with Gasteiger partial charge in [0, 0.05) is 0 Å². The number of rotatable bonds is 4. The summed E-state index contributed by atoms with van der Waals surface area (Å²) in [6, 6.07) is 18.0. The van der Waals surface area contributed by atoms with Gasteiger partial charge in [0.25, 0.3) is 5.91 Å². The summed E-state index contributed by atoms with van der Waals surface area (Å²) in [6.07, 6.45) is -0.649. The molecule has 0 spiro atoms. The van der Waals surface area contributed by atoms with Crippen molar-refractivity contribution < 1.29 is 9.53 Å². The monoisotopic (exact) mass is 266 g/mol. The second kappa shape index (κ2) is 6.39. The first-order valence-electron chi connectivity index (χ1n) is 6.22. The van der Waals surface area contributed by atoms with Crippen LogP contribution in [-0.2, 0) is 4.79 Å². The van der Waals surface area contributed by atoms with E-state index in [4.69, 9.17) is 10.00 Å². The second-order valence-electron chi connectivity index (χ2n) is 4.22. The van der Waals surface area contributed by atoms with Gasteiger partial charge in [0.2, 0.25) is 0 Å². The van der Waals surface area contributed by atoms with Gasteiger partial charge in [0.15, 0.2) is 6.10 Å². The van der Waals surface area contributed by atoms with Gasteiger partial charge < -0.3 is 10.1 Å². The first kappa shape index (κ1) is 13.6. The lowest BCUT2D eigenvalue weighted by atomic mass is 10.2. The van der Waals surface area contributed by atoms with Gasteiger partial charge in [-0.05, 0) is 31.2 Å². The normalized spacial score (nSPS) is 11.2. The molecule has 0 aliphatic heterocycles. The Morgan fingerprint density at radius 1 is 1.15 bits per heavy atom. The minimum absolute atomic E-state index is 0.295. The van der Waals surface area contributed by atoms with Crippen molar-refractivity contribution in [1.29, 1.82) is 5.26 Å². The van der Waals surface area contributed by atoms with Crippen LogP contribution in [0.5, 0.6) is 5.75 Å². The molecule has 0 saturated carbocycles. The number of anilines is 1. The van der Waals surface area contributed by atoms with E-state index in [1.165, 1.54) is 0 Å². The van der Waals surface area contributed by atoms with Gasteiger partial charge >= 0.3 is 0 Å². The number of ether oxygens (including phenoxy) is 1. The molecular formula is C16H14N2O2. The number of nitrogens with zero attached hydrogens (tertiary/aromatic N) is 1. The number of benzene rings is 2. The Morgan fingerprint density at radius 3 is 2.50 bits per heavy atom. The van der Waals surface area contributed by atoms with Crippen LogP contribution in [-0.4, -0.2) is 12.0 Å². The van der Waals surface area contributed by atoms with E-state index in [0.29, 0.717) is 17.0 Å². The Hall–Kier alpha value is -2.80. The lowest BCUT2D eigenvalue weighted by Gasteiger charge is -2.15. The summed E-state index contributed by atoms with van der Waals surface area (Å²) in [7, 11) is 0. The van der Waals surface area contributed by atoms with Crippen molar-refractivity contribution in [2.24, 2.45) is 0 Å². The average Bonchev–Trinajstić information content (AvgIpc) is 2.48. The SMILES string of the molecule is CC(Oc1ccccc1)C(=O)Nc1ccccc1C#N. The van der Waals surface area contributed by atoms with E-state index in [1.807, 2.05) is 24.3 Å². The molecule has 0 aliphatic carbocycles. The fourth-order valence-corrected chi connectivity index (χ4v) is 1.68. The number of nitriles is 1. The Labute approximate surface area is 117 Å². The third-order valence-corrected chi connectivity index (χ3v) is 2.73. The summed E-state index contributed by atoms with van der Waals surface area (Å²) in [4.78, 5) is 12.0. The van der Waals surface area contributed by atoms with Crippen molar-refractivity contribution in [3.05, 3.63) is 60.2 Å². The van der Waals surface area contributed by atoms with Crippen LogP contribution in [0.2, 0.25) is 0 Å². The summed E-state index contributed by atoms with van der Waals surface area (Å²) in [5.41, 5.74) is 0.913. The lowest BCUT2D eigenvalue weighted by Crippen LogP contribution is -2.30. The lowest BCUT2D eigenvalue weighted by molar-refractivity contribution is -0.122. The van der Waals surface area contributed by atoms with E-state index in [0.717, 1.165) is 0 Å². The smallest absolute Gasteiger partial charge is 0.265 e. The molecule has 100 valence electrons. The topological polar surface area (TPSA) is 62.1 Å². The van der Waals surface area contributed by atoms with Gasteiger partial charge in [-0.15, -0.1) is 0 Å². The van der Waals surface area contributed by atoms with Crippen molar-refractivity contribution >= 4 is 11.6 Å². The molecule has 4 nitrogen and oxygen atoms in total. The maximum absolute atomic E-state index is 12.0. The molecule has 1 atom stereocenters. The molecule has 0 bridgehead atoms. The van der Waals surface area contributed by atoms with Crippen LogP contribution in [0.3, 0.4) is 0 Å². The molecule has 0 saturated heterocycles. The molecule has 0 radical (unpaired) electrons. The summed E-state index contributed by atoms with van der Waals surface area (Å²) < 4.78 is 5.53. The van der Waals surface area contributed by atoms with E-state index < -0.39 is 6.10 Å². The average molecular weight is 266 g/mol. The van der Waals surface area contributed by atoms with Crippen LogP contribution < -0.4 is 10.1 Å². The van der Waals surface area contributed by atoms with Crippen molar-refractivity contribution in [1.82, 2.24) is 0 Å². The van der Waals surface area contributed by atoms with Crippen LogP contribution in [0.1, 0.15) is 12.5 Å². The number of carbonyl (C=O) groups excluding carboxylic acids is 1. The molecule has 0 aliphatic rings. The molecule has 1 amide bonds. The van der Waals surface area contributed by atoms with Crippen LogP contribution in [0.15, 0.2) is 54.6 Å².